The maximum absolute atomic E-state index is 11.0. The van der Waals surface area contributed by atoms with Gasteiger partial charge in [-0.3, -0.25) is 0 Å². The van der Waals surface area contributed by atoms with E-state index in [-0.39, 0.29) is 5.88 Å². The number of hydrogen-bond acceptors (Lipinski definition) is 4. The Morgan fingerprint density at radius 3 is 2.54 bits per heavy atom. The maximum Gasteiger partial charge on any atom is 0.249 e. The van der Waals surface area contributed by atoms with Crippen LogP contribution in [-0.2, 0) is 10.0 Å². The Morgan fingerprint density at radius 1 is 1.54 bits per heavy atom. The van der Waals surface area contributed by atoms with E-state index in [0.717, 1.165) is 0 Å². The summed E-state index contributed by atoms with van der Waals surface area (Å²) in [7, 11) is -3.50. The highest BCUT2D eigenvalue weighted by molar-refractivity contribution is 7.93. The lowest BCUT2D eigenvalue weighted by Gasteiger charge is -2.00. The van der Waals surface area contributed by atoms with Crippen molar-refractivity contribution in [1.29, 1.82) is 0 Å². The van der Waals surface area contributed by atoms with Gasteiger partial charge in [0.2, 0.25) is 15.9 Å². The number of hydrogen-bond donors (Lipinski definition) is 1. The van der Waals surface area contributed by atoms with Crippen molar-refractivity contribution in [3.05, 3.63) is 11.3 Å². The van der Waals surface area contributed by atoms with Gasteiger partial charge in [-0.25, -0.2) is 13.1 Å². The van der Waals surface area contributed by atoms with Gasteiger partial charge in [0.1, 0.15) is 5.21 Å². The van der Waals surface area contributed by atoms with Crippen LogP contribution in [0.5, 0.6) is 0 Å². The Bertz CT molecular complexity index is 398. The van der Waals surface area contributed by atoms with E-state index in [1.54, 1.807) is 13.8 Å². The Balaban J connectivity index is 2.93. The molecule has 1 N–H and O–H groups in total. The molecule has 0 radical (unpaired) electrons. The molecule has 0 fully saturated rings. The first-order valence-corrected chi connectivity index (χ1v) is 5.64. The van der Waals surface area contributed by atoms with Gasteiger partial charge >= 0.3 is 0 Å². The minimum Gasteiger partial charge on any atom is -0.337 e. The lowest BCUT2D eigenvalue weighted by Crippen LogP contribution is -2.13. The van der Waals surface area contributed by atoms with Crippen LogP contribution in [0.1, 0.15) is 11.3 Å². The zero-order valence-electron chi connectivity index (χ0n) is 7.17. The van der Waals surface area contributed by atoms with Crippen LogP contribution in [-0.4, -0.2) is 18.8 Å². The normalized spacial score (nSPS) is 11.6. The highest BCUT2D eigenvalue weighted by Crippen LogP contribution is 2.18. The van der Waals surface area contributed by atoms with E-state index in [4.69, 9.17) is 16.1 Å². The standard InChI is InChI=1S/C6H9ClN2O3S/c1-4-5(2)8-12-6(4)9-13(10,11)3-7/h9H,3H2,1-2H3. The van der Waals surface area contributed by atoms with Crippen LogP contribution in [0.4, 0.5) is 5.88 Å². The van der Waals surface area contributed by atoms with E-state index < -0.39 is 15.2 Å². The van der Waals surface area contributed by atoms with E-state index in [0.29, 0.717) is 11.3 Å². The fourth-order valence-electron chi connectivity index (χ4n) is 0.679. The van der Waals surface area contributed by atoms with Crippen molar-refractivity contribution < 1.29 is 12.9 Å². The molecule has 74 valence electrons. The van der Waals surface area contributed by atoms with Gasteiger partial charge in [0.05, 0.1) is 5.69 Å². The summed E-state index contributed by atoms with van der Waals surface area (Å²) in [5.74, 6) is 0.123. The van der Waals surface area contributed by atoms with Crippen molar-refractivity contribution in [2.45, 2.75) is 13.8 Å². The van der Waals surface area contributed by atoms with Crippen molar-refractivity contribution in [3.63, 3.8) is 0 Å². The van der Waals surface area contributed by atoms with Gasteiger partial charge in [-0.05, 0) is 13.8 Å². The third kappa shape index (κ3) is 2.35. The molecular formula is C6H9ClN2O3S. The number of nitrogens with zero attached hydrogens (tertiary/aromatic N) is 1. The number of alkyl halides is 1. The van der Waals surface area contributed by atoms with Crippen LogP contribution in [0.3, 0.4) is 0 Å². The van der Waals surface area contributed by atoms with Gasteiger partial charge < -0.3 is 4.52 Å². The molecular weight excluding hydrogens is 216 g/mol. The van der Waals surface area contributed by atoms with Crippen molar-refractivity contribution in [3.8, 4) is 0 Å². The van der Waals surface area contributed by atoms with Crippen molar-refractivity contribution in [2.24, 2.45) is 0 Å². The van der Waals surface area contributed by atoms with E-state index in [9.17, 15) is 8.42 Å². The monoisotopic (exact) mass is 224 g/mol. The summed E-state index contributed by atoms with van der Waals surface area (Å²) in [6.07, 6.45) is 0. The highest BCUT2D eigenvalue weighted by atomic mass is 35.5. The zero-order valence-corrected chi connectivity index (χ0v) is 8.74. The summed E-state index contributed by atoms with van der Waals surface area (Å²) < 4.78 is 28.9. The van der Waals surface area contributed by atoms with Gasteiger partial charge in [0, 0.05) is 5.56 Å². The molecule has 0 aliphatic rings. The molecule has 7 heteroatoms. The quantitative estimate of drug-likeness (QED) is 0.784. The van der Waals surface area contributed by atoms with Gasteiger partial charge in [-0.1, -0.05) is 5.16 Å². The molecule has 1 heterocycles. The molecule has 0 amide bonds. The predicted octanol–water partition coefficient (Wildman–Crippen LogP) is 1.23. The molecule has 0 aromatic carbocycles. The minimum absolute atomic E-state index is 0.123. The Kier molecular flexibility index (Phi) is 2.82. The lowest BCUT2D eigenvalue weighted by molar-refractivity contribution is 0.430. The number of halogens is 1. The first kappa shape index (κ1) is 10.3. The highest BCUT2D eigenvalue weighted by Gasteiger charge is 2.14. The second-order valence-electron chi connectivity index (χ2n) is 2.55. The van der Waals surface area contributed by atoms with Gasteiger partial charge in [-0.2, -0.15) is 0 Å². The molecule has 13 heavy (non-hydrogen) atoms. The first-order chi connectivity index (χ1) is 5.96. The van der Waals surface area contributed by atoms with E-state index in [1.807, 2.05) is 0 Å². The third-order valence-electron chi connectivity index (χ3n) is 1.55. The minimum atomic E-state index is -3.50. The van der Waals surface area contributed by atoms with Crippen LogP contribution >= 0.6 is 11.6 Å². The predicted molar refractivity (Wildman–Crippen MR) is 49.2 cm³/mol. The number of rotatable bonds is 3. The molecule has 0 atom stereocenters. The third-order valence-corrected chi connectivity index (χ3v) is 3.19. The Hall–Kier alpha value is -0.750. The number of aryl methyl sites for hydroxylation is 1. The van der Waals surface area contributed by atoms with Gasteiger partial charge in [0.15, 0.2) is 0 Å². The average molecular weight is 225 g/mol. The number of sulfonamides is 1. The molecule has 0 unspecified atom stereocenters. The summed E-state index contributed by atoms with van der Waals surface area (Å²) in [5.41, 5.74) is 1.31. The van der Waals surface area contributed by atoms with Crippen molar-refractivity contribution in [1.82, 2.24) is 5.16 Å². The molecule has 0 spiro atoms. The van der Waals surface area contributed by atoms with Crippen LogP contribution in [0, 0.1) is 13.8 Å². The summed E-state index contributed by atoms with van der Waals surface area (Å²) in [4.78, 5) is 0. The summed E-state index contributed by atoms with van der Waals surface area (Å²) in [6, 6.07) is 0. The van der Waals surface area contributed by atoms with Crippen molar-refractivity contribution >= 4 is 27.5 Å². The fourth-order valence-corrected chi connectivity index (χ4v) is 1.37. The number of aromatic nitrogens is 1. The topological polar surface area (TPSA) is 72.2 Å². The lowest BCUT2D eigenvalue weighted by atomic mass is 10.3. The summed E-state index contributed by atoms with van der Waals surface area (Å²) in [5, 5.41) is 3.08. The zero-order chi connectivity index (χ0) is 10.1. The summed E-state index contributed by atoms with van der Waals surface area (Å²) in [6.45, 7) is 3.43. The van der Waals surface area contributed by atoms with Gasteiger partial charge in [-0.15, -0.1) is 11.6 Å². The van der Waals surface area contributed by atoms with Crippen molar-refractivity contribution in [2.75, 3.05) is 9.93 Å². The molecule has 0 saturated carbocycles. The second kappa shape index (κ2) is 3.55. The number of nitrogens with one attached hydrogen (secondary N) is 1. The number of anilines is 1. The molecule has 0 saturated heterocycles. The molecule has 1 rings (SSSR count). The maximum atomic E-state index is 11.0. The van der Waals surface area contributed by atoms with Crippen LogP contribution < -0.4 is 4.72 Å². The van der Waals surface area contributed by atoms with Crippen LogP contribution in [0.15, 0.2) is 4.52 Å². The first-order valence-electron chi connectivity index (χ1n) is 3.45. The Labute approximate surface area is 81.1 Å². The largest absolute Gasteiger partial charge is 0.337 e. The molecule has 1 aromatic heterocycles. The molecule has 0 aliphatic heterocycles. The molecule has 0 bridgehead atoms. The smallest absolute Gasteiger partial charge is 0.249 e. The molecule has 1 aromatic rings. The fraction of sp³-hybridized carbons (Fsp3) is 0.500. The summed E-state index contributed by atoms with van der Waals surface area (Å²) >= 11 is 5.19. The molecule has 0 aliphatic carbocycles. The van der Waals surface area contributed by atoms with E-state index in [2.05, 4.69) is 9.88 Å². The second-order valence-corrected chi connectivity index (χ2v) is 4.85. The van der Waals surface area contributed by atoms with Crippen LogP contribution in [0.25, 0.3) is 0 Å². The Morgan fingerprint density at radius 2 is 2.15 bits per heavy atom. The van der Waals surface area contributed by atoms with Gasteiger partial charge in [0.25, 0.3) is 0 Å². The van der Waals surface area contributed by atoms with E-state index in [1.165, 1.54) is 0 Å². The van der Waals surface area contributed by atoms with Crippen LogP contribution in [0.2, 0.25) is 0 Å². The van der Waals surface area contributed by atoms with E-state index >= 15 is 0 Å². The SMILES string of the molecule is Cc1noc(NS(=O)(=O)CCl)c1C. The average Bonchev–Trinajstić information content (AvgIpc) is 2.36. The molecule has 5 nitrogen and oxygen atoms in total.